The lowest BCUT2D eigenvalue weighted by molar-refractivity contribution is 0.247. The van der Waals surface area contributed by atoms with Crippen LogP contribution in [0.1, 0.15) is 42.0 Å². The number of rotatable bonds is 6. The Kier molecular flexibility index (Phi) is 5.59. The number of benzene rings is 1. The van der Waals surface area contributed by atoms with Gasteiger partial charge in [-0.3, -0.25) is 9.36 Å². The maximum atomic E-state index is 12.3. The van der Waals surface area contributed by atoms with Crippen molar-refractivity contribution in [2.24, 2.45) is 7.05 Å². The second-order valence-electron chi connectivity index (χ2n) is 6.72. The fourth-order valence-corrected chi connectivity index (χ4v) is 3.14. The van der Waals surface area contributed by atoms with Crippen molar-refractivity contribution in [3.8, 4) is 0 Å². The Bertz CT molecular complexity index is 909. The zero-order valence-electron chi connectivity index (χ0n) is 16.2. The number of urea groups is 1. The summed E-state index contributed by atoms with van der Waals surface area (Å²) in [5.74, 6) is 0. The minimum Gasteiger partial charge on any atom is -0.330 e. The number of carbonyl (C=O) groups excluding carboxylic acids is 1. The summed E-state index contributed by atoms with van der Waals surface area (Å²) in [6.45, 7) is 6.78. The summed E-state index contributed by atoms with van der Waals surface area (Å²) < 4.78 is 3.76. The van der Waals surface area contributed by atoms with Crippen molar-refractivity contribution in [2.45, 2.75) is 39.8 Å². The highest BCUT2D eigenvalue weighted by Crippen LogP contribution is 2.16. The van der Waals surface area contributed by atoms with Crippen LogP contribution in [0.5, 0.6) is 0 Å². The molecule has 27 heavy (non-hydrogen) atoms. The Balaban J connectivity index is 1.59. The molecule has 0 fully saturated rings. The number of aryl methyl sites for hydroxylation is 3. The van der Waals surface area contributed by atoms with E-state index < -0.39 is 0 Å². The smallest absolute Gasteiger partial charge is 0.319 e. The minimum absolute atomic E-state index is 0.0807. The molecule has 0 spiro atoms. The van der Waals surface area contributed by atoms with Crippen LogP contribution in [-0.2, 0) is 13.6 Å². The van der Waals surface area contributed by atoms with Crippen LogP contribution in [0, 0.1) is 13.8 Å². The first-order chi connectivity index (χ1) is 13.0. The van der Waals surface area contributed by atoms with Gasteiger partial charge < -0.3 is 10.6 Å². The molecule has 0 radical (unpaired) electrons. The first-order valence-electron chi connectivity index (χ1n) is 9.11. The Morgan fingerprint density at radius 1 is 1.19 bits per heavy atom. The lowest BCUT2D eigenvalue weighted by atomic mass is 10.1. The molecule has 0 saturated carbocycles. The van der Waals surface area contributed by atoms with Gasteiger partial charge in [-0.15, -0.1) is 0 Å². The third-order valence-corrected chi connectivity index (χ3v) is 4.58. The van der Waals surface area contributed by atoms with Crippen molar-refractivity contribution < 1.29 is 4.79 Å². The fraction of sp³-hybridized carbons (Fsp3) is 0.350. The van der Waals surface area contributed by atoms with Gasteiger partial charge >= 0.3 is 6.03 Å². The van der Waals surface area contributed by atoms with Gasteiger partial charge in [0.25, 0.3) is 0 Å². The van der Waals surface area contributed by atoms with E-state index >= 15 is 0 Å². The van der Waals surface area contributed by atoms with Gasteiger partial charge in [-0.1, -0.05) is 19.1 Å². The summed E-state index contributed by atoms with van der Waals surface area (Å²) >= 11 is 0. The quantitative estimate of drug-likeness (QED) is 0.700. The molecule has 2 N–H and O–H groups in total. The Labute approximate surface area is 159 Å². The van der Waals surface area contributed by atoms with Crippen molar-refractivity contribution in [1.29, 1.82) is 0 Å². The molecule has 7 heteroatoms. The van der Waals surface area contributed by atoms with E-state index in [9.17, 15) is 4.79 Å². The van der Waals surface area contributed by atoms with E-state index in [1.165, 1.54) is 0 Å². The first-order valence-corrected chi connectivity index (χ1v) is 9.11. The highest BCUT2D eigenvalue weighted by molar-refractivity contribution is 5.89. The molecule has 1 aromatic carbocycles. The molecule has 0 saturated heterocycles. The molecule has 0 bridgehead atoms. The Morgan fingerprint density at radius 2 is 1.93 bits per heavy atom. The highest BCUT2D eigenvalue weighted by atomic mass is 16.2. The molecular weight excluding hydrogens is 340 g/mol. The molecule has 3 aromatic rings. The molecule has 2 heterocycles. The van der Waals surface area contributed by atoms with Crippen molar-refractivity contribution in [2.75, 3.05) is 5.32 Å². The number of nitrogens with one attached hydrogen (secondary N) is 2. The van der Waals surface area contributed by atoms with Gasteiger partial charge in [0.05, 0.1) is 24.0 Å². The van der Waals surface area contributed by atoms with Crippen LogP contribution in [0.4, 0.5) is 10.5 Å². The molecular formula is C20H26N6O. The number of nitrogens with zero attached hydrogens (tertiary/aromatic N) is 4. The summed E-state index contributed by atoms with van der Waals surface area (Å²) in [7, 11) is 1.87. The van der Waals surface area contributed by atoms with Crippen molar-refractivity contribution in [3.05, 3.63) is 65.2 Å². The molecule has 7 nitrogen and oxygen atoms in total. The van der Waals surface area contributed by atoms with Crippen LogP contribution in [0.25, 0.3) is 0 Å². The number of anilines is 1. The number of aromatic nitrogens is 4. The van der Waals surface area contributed by atoms with Crippen molar-refractivity contribution in [1.82, 2.24) is 24.9 Å². The van der Waals surface area contributed by atoms with Crippen LogP contribution in [-0.4, -0.2) is 25.6 Å². The average Bonchev–Trinajstić information content (AvgIpc) is 3.19. The molecule has 0 aliphatic heterocycles. The topological polar surface area (TPSA) is 76.8 Å². The molecule has 0 aliphatic rings. The predicted molar refractivity (Wildman–Crippen MR) is 106 cm³/mol. The SMILES string of the molecule is CC[C@@H](NC(=O)Nc1ccc(Cn2nc(C)cc2C)cc1)c1ccnn1C. The fourth-order valence-electron chi connectivity index (χ4n) is 3.14. The molecule has 3 rings (SSSR count). The number of amides is 2. The molecule has 0 unspecified atom stereocenters. The maximum Gasteiger partial charge on any atom is 0.319 e. The Hall–Kier alpha value is -3.09. The summed E-state index contributed by atoms with van der Waals surface area (Å²) in [6, 6.07) is 11.5. The van der Waals surface area contributed by atoms with Gasteiger partial charge in [-0.25, -0.2) is 4.79 Å². The van der Waals surface area contributed by atoms with Crippen molar-refractivity contribution in [3.63, 3.8) is 0 Å². The standard InChI is InChI=1S/C20H26N6O/c1-5-18(19-10-11-21-25(19)4)23-20(27)22-17-8-6-16(7-9-17)13-26-15(3)12-14(2)24-26/h6-12,18H,5,13H2,1-4H3,(H2,22,23,27)/t18-/m1/s1. The van der Waals surface area contributed by atoms with E-state index in [0.29, 0.717) is 6.54 Å². The molecule has 0 aliphatic carbocycles. The van der Waals surface area contributed by atoms with E-state index in [2.05, 4.69) is 26.9 Å². The number of hydrogen-bond acceptors (Lipinski definition) is 3. The first kappa shape index (κ1) is 18.7. The van der Waals surface area contributed by atoms with Gasteiger partial charge in [-0.05, 0) is 50.1 Å². The van der Waals surface area contributed by atoms with Crippen LogP contribution in [0.3, 0.4) is 0 Å². The second kappa shape index (κ2) is 8.07. The minimum atomic E-state index is -0.227. The second-order valence-corrected chi connectivity index (χ2v) is 6.72. The van der Waals surface area contributed by atoms with E-state index in [-0.39, 0.29) is 12.1 Å². The predicted octanol–water partition coefficient (Wildman–Crippen LogP) is 3.55. The highest BCUT2D eigenvalue weighted by Gasteiger charge is 2.15. The molecule has 2 amide bonds. The van der Waals surface area contributed by atoms with Gasteiger partial charge in [-0.2, -0.15) is 10.2 Å². The maximum absolute atomic E-state index is 12.3. The van der Waals surface area contributed by atoms with Crippen molar-refractivity contribution >= 4 is 11.7 Å². The van der Waals surface area contributed by atoms with Crippen LogP contribution < -0.4 is 10.6 Å². The zero-order chi connectivity index (χ0) is 19.4. The molecule has 142 valence electrons. The van der Waals surface area contributed by atoms with E-state index in [0.717, 1.165) is 34.8 Å². The summed E-state index contributed by atoms with van der Waals surface area (Å²) in [5.41, 5.74) is 5.02. The molecule has 2 aromatic heterocycles. The zero-order valence-corrected chi connectivity index (χ0v) is 16.2. The third kappa shape index (κ3) is 4.55. The lowest BCUT2D eigenvalue weighted by Crippen LogP contribution is -2.33. The monoisotopic (exact) mass is 366 g/mol. The van der Waals surface area contributed by atoms with Gasteiger partial charge in [0.2, 0.25) is 0 Å². The average molecular weight is 366 g/mol. The lowest BCUT2D eigenvalue weighted by Gasteiger charge is -2.18. The number of carbonyl (C=O) groups is 1. The van der Waals surface area contributed by atoms with E-state index in [4.69, 9.17) is 0 Å². The number of hydrogen-bond donors (Lipinski definition) is 2. The van der Waals surface area contributed by atoms with Crippen LogP contribution in [0.15, 0.2) is 42.6 Å². The summed E-state index contributed by atoms with van der Waals surface area (Å²) in [4.78, 5) is 12.3. The van der Waals surface area contributed by atoms with Crippen LogP contribution >= 0.6 is 0 Å². The molecule has 1 atom stereocenters. The van der Waals surface area contributed by atoms with E-state index in [1.54, 1.807) is 10.9 Å². The third-order valence-electron chi connectivity index (χ3n) is 4.58. The largest absolute Gasteiger partial charge is 0.330 e. The normalized spacial score (nSPS) is 12.0. The van der Waals surface area contributed by atoms with Gasteiger partial charge in [0.1, 0.15) is 0 Å². The van der Waals surface area contributed by atoms with Gasteiger partial charge in [0.15, 0.2) is 0 Å². The Morgan fingerprint density at radius 3 is 2.48 bits per heavy atom. The van der Waals surface area contributed by atoms with E-state index in [1.807, 2.05) is 62.8 Å². The van der Waals surface area contributed by atoms with Gasteiger partial charge in [0, 0.05) is 24.6 Å². The summed E-state index contributed by atoms with van der Waals surface area (Å²) in [6.07, 6.45) is 2.52. The summed E-state index contributed by atoms with van der Waals surface area (Å²) in [5, 5.41) is 14.5. The van der Waals surface area contributed by atoms with Crippen LogP contribution in [0.2, 0.25) is 0 Å².